The molecule has 27 heavy (non-hydrogen) atoms. The maximum atomic E-state index is 10.5. The van der Waals surface area contributed by atoms with Gasteiger partial charge in [0.05, 0.1) is 19.8 Å². The van der Waals surface area contributed by atoms with Crippen LogP contribution in [-0.4, -0.2) is 43.2 Å². The van der Waals surface area contributed by atoms with Gasteiger partial charge in [-0.25, -0.2) is 0 Å². The molecule has 0 fully saturated rings. The van der Waals surface area contributed by atoms with Crippen LogP contribution in [0.1, 0.15) is 29.7 Å². The summed E-state index contributed by atoms with van der Waals surface area (Å²) in [5.74, 6) is 1.51. The molecule has 1 atom stereocenters. The van der Waals surface area contributed by atoms with Crippen molar-refractivity contribution < 1.29 is 9.84 Å². The van der Waals surface area contributed by atoms with Crippen molar-refractivity contribution >= 4 is 29.9 Å². The van der Waals surface area contributed by atoms with E-state index in [1.54, 1.807) is 7.11 Å². The Bertz CT molecular complexity index is 737. The van der Waals surface area contributed by atoms with Gasteiger partial charge in [-0.15, -0.1) is 24.0 Å². The summed E-state index contributed by atoms with van der Waals surface area (Å²) in [7, 11) is 3.62. The molecule has 6 heteroatoms. The number of halogens is 1. The zero-order valence-electron chi connectivity index (χ0n) is 16.5. The Labute approximate surface area is 179 Å². The van der Waals surface area contributed by atoms with Crippen LogP contribution in [0.15, 0.2) is 53.5 Å². The molecule has 5 nitrogen and oxygen atoms in total. The number of hydrogen-bond donors (Lipinski definition) is 2. The van der Waals surface area contributed by atoms with Crippen LogP contribution in [-0.2, 0) is 6.54 Å². The zero-order valence-corrected chi connectivity index (χ0v) is 18.8. The van der Waals surface area contributed by atoms with E-state index in [1.165, 1.54) is 11.1 Å². The number of rotatable bonds is 7. The first kappa shape index (κ1) is 23.2. The fourth-order valence-electron chi connectivity index (χ4n) is 2.71. The highest BCUT2D eigenvalue weighted by molar-refractivity contribution is 14.0. The quantitative estimate of drug-likeness (QED) is 0.358. The Morgan fingerprint density at radius 1 is 1.22 bits per heavy atom. The predicted molar refractivity (Wildman–Crippen MR) is 122 cm³/mol. The number of nitrogens with one attached hydrogen (secondary N) is 1. The van der Waals surface area contributed by atoms with E-state index < -0.39 is 6.10 Å². The first-order valence-corrected chi connectivity index (χ1v) is 8.91. The fraction of sp³-hybridized carbons (Fsp3) is 0.381. The summed E-state index contributed by atoms with van der Waals surface area (Å²) in [5.41, 5.74) is 3.31. The SMILES string of the molecule is CCNC(=NCC(O)c1cccc(OC)c1)N(C)Cc1ccccc1C.I. The molecule has 2 aromatic rings. The van der Waals surface area contributed by atoms with Gasteiger partial charge < -0.3 is 20.1 Å². The lowest BCUT2D eigenvalue weighted by molar-refractivity contribution is 0.186. The molecule has 0 radical (unpaired) electrons. The van der Waals surface area contributed by atoms with Crippen LogP contribution in [0.3, 0.4) is 0 Å². The van der Waals surface area contributed by atoms with Gasteiger partial charge in [-0.05, 0) is 42.7 Å². The van der Waals surface area contributed by atoms with Crippen LogP contribution in [0.2, 0.25) is 0 Å². The lowest BCUT2D eigenvalue weighted by Crippen LogP contribution is -2.38. The summed E-state index contributed by atoms with van der Waals surface area (Å²) in [6, 6.07) is 15.8. The van der Waals surface area contributed by atoms with E-state index in [0.29, 0.717) is 0 Å². The molecule has 0 saturated carbocycles. The molecule has 2 rings (SSSR count). The van der Waals surface area contributed by atoms with Crippen molar-refractivity contribution in [1.82, 2.24) is 10.2 Å². The van der Waals surface area contributed by atoms with E-state index in [-0.39, 0.29) is 30.5 Å². The number of nitrogens with zero attached hydrogens (tertiary/aromatic N) is 2. The van der Waals surface area contributed by atoms with Crippen LogP contribution in [0.25, 0.3) is 0 Å². The zero-order chi connectivity index (χ0) is 18.9. The molecule has 0 aliphatic heterocycles. The molecule has 2 N–H and O–H groups in total. The second-order valence-electron chi connectivity index (χ2n) is 6.27. The van der Waals surface area contributed by atoms with Gasteiger partial charge in [-0.1, -0.05) is 36.4 Å². The molecule has 0 aromatic heterocycles. The highest BCUT2D eigenvalue weighted by atomic mass is 127. The summed E-state index contributed by atoms with van der Waals surface area (Å²) in [4.78, 5) is 6.69. The lowest BCUT2D eigenvalue weighted by atomic mass is 10.1. The van der Waals surface area contributed by atoms with Crippen LogP contribution in [0, 0.1) is 6.92 Å². The largest absolute Gasteiger partial charge is 0.497 e. The fourth-order valence-corrected chi connectivity index (χ4v) is 2.71. The second kappa shape index (κ2) is 11.8. The Hall–Kier alpha value is -1.80. The molecule has 1 unspecified atom stereocenters. The third-order valence-electron chi connectivity index (χ3n) is 4.26. The summed E-state index contributed by atoms with van der Waals surface area (Å²) >= 11 is 0. The monoisotopic (exact) mass is 483 g/mol. The van der Waals surface area contributed by atoms with Gasteiger partial charge in [0.25, 0.3) is 0 Å². The van der Waals surface area contributed by atoms with E-state index in [0.717, 1.165) is 30.4 Å². The van der Waals surface area contributed by atoms with Gasteiger partial charge in [0.1, 0.15) is 5.75 Å². The molecular formula is C21H30IN3O2. The van der Waals surface area contributed by atoms with Crippen molar-refractivity contribution in [3.8, 4) is 5.75 Å². The van der Waals surface area contributed by atoms with Gasteiger partial charge in [-0.2, -0.15) is 0 Å². The van der Waals surface area contributed by atoms with Crippen LogP contribution >= 0.6 is 24.0 Å². The molecule has 0 aliphatic carbocycles. The lowest BCUT2D eigenvalue weighted by Gasteiger charge is -2.23. The number of aliphatic hydroxyl groups excluding tert-OH is 1. The molecule has 0 bridgehead atoms. The number of aryl methyl sites for hydroxylation is 1. The minimum absolute atomic E-state index is 0. The van der Waals surface area contributed by atoms with Crippen molar-refractivity contribution in [3.63, 3.8) is 0 Å². The highest BCUT2D eigenvalue weighted by Crippen LogP contribution is 2.19. The topological polar surface area (TPSA) is 57.1 Å². The highest BCUT2D eigenvalue weighted by Gasteiger charge is 2.11. The average molecular weight is 483 g/mol. The third kappa shape index (κ3) is 7.03. The number of aliphatic imine (C=N–C) groups is 1. The summed E-state index contributed by atoms with van der Waals surface area (Å²) in [5, 5.41) is 13.8. The van der Waals surface area contributed by atoms with E-state index >= 15 is 0 Å². The van der Waals surface area contributed by atoms with Crippen molar-refractivity contribution in [2.45, 2.75) is 26.5 Å². The third-order valence-corrected chi connectivity index (χ3v) is 4.26. The Kier molecular flexibility index (Phi) is 10.2. The smallest absolute Gasteiger partial charge is 0.194 e. The summed E-state index contributed by atoms with van der Waals surface area (Å²) in [6.45, 7) is 5.96. The first-order chi connectivity index (χ1) is 12.5. The van der Waals surface area contributed by atoms with Crippen molar-refractivity contribution in [2.75, 3.05) is 27.2 Å². The normalized spacial score (nSPS) is 12.1. The number of aliphatic hydroxyl groups is 1. The maximum Gasteiger partial charge on any atom is 0.194 e. The predicted octanol–water partition coefficient (Wildman–Crippen LogP) is 3.75. The minimum atomic E-state index is -0.675. The standard InChI is InChI=1S/C21H29N3O2.HI/c1-5-22-21(24(3)15-18-10-7-6-9-16(18)2)23-14-20(25)17-11-8-12-19(13-17)26-4;/h6-13,20,25H,5,14-15H2,1-4H3,(H,22,23);1H. The van der Waals surface area contributed by atoms with Gasteiger partial charge in [0, 0.05) is 20.1 Å². The maximum absolute atomic E-state index is 10.5. The number of ether oxygens (including phenoxy) is 1. The molecule has 148 valence electrons. The van der Waals surface area contributed by atoms with E-state index in [1.807, 2.05) is 50.4 Å². The Balaban J connectivity index is 0.00000364. The van der Waals surface area contributed by atoms with E-state index in [4.69, 9.17) is 4.74 Å². The molecule has 0 amide bonds. The summed E-state index contributed by atoms with van der Waals surface area (Å²) in [6.07, 6.45) is -0.675. The summed E-state index contributed by atoms with van der Waals surface area (Å²) < 4.78 is 5.22. The van der Waals surface area contributed by atoms with Gasteiger partial charge in [0.15, 0.2) is 5.96 Å². The number of guanidine groups is 1. The molecular weight excluding hydrogens is 453 g/mol. The van der Waals surface area contributed by atoms with Crippen molar-refractivity contribution in [3.05, 3.63) is 65.2 Å². The van der Waals surface area contributed by atoms with Crippen molar-refractivity contribution in [2.24, 2.45) is 4.99 Å². The van der Waals surface area contributed by atoms with Crippen molar-refractivity contribution in [1.29, 1.82) is 0 Å². The van der Waals surface area contributed by atoms with Gasteiger partial charge in [0.2, 0.25) is 0 Å². The van der Waals surface area contributed by atoms with Gasteiger partial charge >= 0.3 is 0 Å². The number of methoxy groups -OCH3 is 1. The number of hydrogen-bond acceptors (Lipinski definition) is 3. The molecule has 0 saturated heterocycles. The first-order valence-electron chi connectivity index (χ1n) is 8.91. The Morgan fingerprint density at radius 3 is 2.63 bits per heavy atom. The van der Waals surface area contributed by atoms with Crippen LogP contribution in [0.4, 0.5) is 0 Å². The van der Waals surface area contributed by atoms with Crippen LogP contribution < -0.4 is 10.1 Å². The minimum Gasteiger partial charge on any atom is -0.497 e. The molecule has 0 spiro atoms. The molecule has 0 aliphatic rings. The van der Waals surface area contributed by atoms with Crippen LogP contribution in [0.5, 0.6) is 5.75 Å². The average Bonchev–Trinajstić information content (AvgIpc) is 2.66. The number of benzene rings is 2. The van der Waals surface area contributed by atoms with E-state index in [2.05, 4.69) is 34.3 Å². The molecule has 0 heterocycles. The second-order valence-corrected chi connectivity index (χ2v) is 6.27. The van der Waals surface area contributed by atoms with E-state index in [9.17, 15) is 5.11 Å². The molecule has 2 aromatic carbocycles. The van der Waals surface area contributed by atoms with Gasteiger partial charge in [-0.3, -0.25) is 4.99 Å². The Morgan fingerprint density at radius 2 is 1.96 bits per heavy atom.